The van der Waals surface area contributed by atoms with Crippen LogP contribution in [-0.2, 0) is 0 Å². The summed E-state index contributed by atoms with van der Waals surface area (Å²) in [4.78, 5) is 14.8. The van der Waals surface area contributed by atoms with Gasteiger partial charge in [0, 0.05) is 18.9 Å². The average Bonchev–Trinajstić information content (AvgIpc) is 2.04. The Hall–Kier alpha value is -1.52. The van der Waals surface area contributed by atoms with E-state index in [1.54, 1.807) is 12.4 Å². The molecule has 0 aromatic carbocycles. The molecule has 0 aliphatic carbocycles. The zero-order chi connectivity index (χ0) is 7.68. The Kier molecular flexibility index (Phi) is 1.28. The second-order valence-electron chi connectivity index (χ2n) is 2.38. The first-order chi connectivity index (χ1) is 5.36. The minimum Gasteiger partial charge on any atom is -0.378 e. The van der Waals surface area contributed by atoms with Crippen LogP contribution in [-0.4, -0.2) is 24.5 Å². The first kappa shape index (κ1) is 6.21. The molecular formula is C6H8N4O. The number of nitrogens with one attached hydrogen (secondary N) is 3. The Morgan fingerprint density at radius 1 is 1.64 bits per heavy atom. The summed E-state index contributed by atoms with van der Waals surface area (Å²) >= 11 is 0. The van der Waals surface area contributed by atoms with Gasteiger partial charge in [-0.3, -0.25) is 5.32 Å². The molecule has 2 amide bonds. The van der Waals surface area contributed by atoms with Gasteiger partial charge in [-0.2, -0.15) is 0 Å². The van der Waals surface area contributed by atoms with E-state index < -0.39 is 0 Å². The molecule has 1 unspecified atom stereocenters. The second-order valence-corrected chi connectivity index (χ2v) is 2.38. The van der Waals surface area contributed by atoms with Crippen LogP contribution in [0.4, 0.5) is 4.79 Å². The van der Waals surface area contributed by atoms with Crippen LogP contribution in [0, 0.1) is 0 Å². The minimum absolute atomic E-state index is 0.109. The van der Waals surface area contributed by atoms with Crippen molar-refractivity contribution in [1.82, 2.24) is 16.0 Å². The van der Waals surface area contributed by atoms with Crippen molar-refractivity contribution >= 4 is 11.9 Å². The molecule has 2 rings (SSSR count). The number of hydrogen-bond acceptors (Lipinski definition) is 3. The van der Waals surface area contributed by atoms with E-state index >= 15 is 0 Å². The first-order valence-corrected chi connectivity index (χ1v) is 3.40. The Balaban J connectivity index is 2.18. The molecule has 5 nitrogen and oxygen atoms in total. The van der Waals surface area contributed by atoms with Gasteiger partial charge in [-0.1, -0.05) is 0 Å². The number of carbonyl (C=O) groups is 1. The van der Waals surface area contributed by atoms with Crippen molar-refractivity contribution in [2.75, 3.05) is 6.54 Å². The van der Waals surface area contributed by atoms with E-state index in [-0.39, 0.29) is 12.1 Å². The van der Waals surface area contributed by atoms with Crippen LogP contribution in [0.5, 0.6) is 0 Å². The van der Waals surface area contributed by atoms with E-state index in [1.807, 2.05) is 0 Å². The van der Waals surface area contributed by atoms with Gasteiger partial charge in [-0.15, -0.1) is 0 Å². The van der Waals surface area contributed by atoms with Crippen LogP contribution in [0.15, 0.2) is 17.4 Å². The van der Waals surface area contributed by atoms with E-state index in [1.165, 1.54) is 0 Å². The number of aliphatic imine (C=N–C) groups is 1. The van der Waals surface area contributed by atoms with Crippen molar-refractivity contribution in [1.29, 1.82) is 0 Å². The summed E-state index contributed by atoms with van der Waals surface area (Å²) < 4.78 is 0. The monoisotopic (exact) mass is 152 g/mol. The molecule has 0 spiro atoms. The lowest BCUT2D eigenvalue weighted by atomic mass is 10.2. The molecule has 0 radical (unpaired) electrons. The fraction of sp³-hybridized carbons (Fsp3) is 0.333. The fourth-order valence-corrected chi connectivity index (χ4v) is 1.08. The summed E-state index contributed by atoms with van der Waals surface area (Å²) in [5.74, 6) is 0.691. The maximum absolute atomic E-state index is 10.8. The van der Waals surface area contributed by atoms with Crippen molar-refractivity contribution in [3.63, 3.8) is 0 Å². The van der Waals surface area contributed by atoms with Crippen LogP contribution in [0.1, 0.15) is 0 Å². The molecule has 3 N–H and O–H groups in total. The van der Waals surface area contributed by atoms with Crippen LogP contribution in [0.3, 0.4) is 0 Å². The van der Waals surface area contributed by atoms with Gasteiger partial charge in [0.1, 0.15) is 11.9 Å². The third-order valence-electron chi connectivity index (χ3n) is 1.62. The third kappa shape index (κ3) is 1.04. The van der Waals surface area contributed by atoms with Crippen molar-refractivity contribution in [2.45, 2.75) is 6.04 Å². The lowest BCUT2D eigenvalue weighted by Gasteiger charge is -2.27. The number of hydrogen-bond donors (Lipinski definition) is 3. The van der Waals surface area contributed by atoms with Gasteiger partial charge in [0.15, 0.2) is 0 Å². The summed E-state index contributed by atoms with van der Waals surface area (Å²) in [6, 6.07) is -0.0743. The Morgan fingerprint density at radius 2 is 2.55 bits per heavy atom. The first-order valence-electron chi connectivity index (χ1n) is 3.40. The number of urea groups is 1. The highest BCUT2D eigenvalue weighted by atomic mass is 16.2. The van der Waals surface area contributed by atoms with Crippen LogP contribution in [0.25, 0.3) is 0 Å². The van der Waals surface area contributed by atoms with Gasteiger partial charge >= 0.3 is 6.03 Å². The van der Waals surface area contributed by atoms with Crippen LogP contribution in [0.2, 0.25) is 0 Å². The van der Waals surface area contributed by atoms with Crippen LogP contribution < -0.4 is 16.0 Å². The Labute approximate surface area is 63.6 Å². The minimum atomic E-state index is -0.183. The van der Waals surface area contributed by atoms with Gasteiger partial charge in [0.2, 0.25) is 0 Å². The average molecular weight is 152 g/mol. The molecule has 0 saturated carbocycles. The number of fused-ring (bicyclic) bond motifs is 1. The summed E-state index contributed by atoms with van der Waals surface area (Å²) in [5.41, 5.74) is 0. The van der Waals surface area contributed by atoms with Crippen molar-refractivity contribution in [3.05, 3.63) is 12.4 Å². The lowest BCUT2D eigenvalue weighted by Crippen LogP contribution is -2.59. The predicted octanol–water partition coefficient (Wildman–Crippen LogP) is -0.859. The molecule has 2 aliphatic rings. The molecule has 0 aromatic heterocycles. The highest BCUT2D eigenvalue weighted by molar-refractivity contribution is 6.03. The van der Waals surface area contributed by atoms with E-state index in [0.717, 1.165) is 0 Å². The van der Waals surface area contributed by atoms with Crippen molar-refractivity contribution in [3.8, 4) is 0 Å². The highest BCUT2D eigenvalue weighted by Gasteiger charge is 2.23. The maximum Gasteiger partial charge on any atom is 0.320 e. The molecule has 1 saturated heterocycles. The largest absolute Gasteiger partial charge is 0.378 e. The molecule has 0 aromatic rings. The summed E-state index contributed by atoms with van der Waals surface area (Å²) in [5, 5.41) is 8.31. The fourth-order valence-electron chi connectivity index (χ4n) is 1.08. The second kappa shape index (κ2) is 2.26. The Morgan fingerprint density at radius 3 is 3.45 bits per heavy atom. The normalized spacial score (nSPS) is 27.5. The van der Waals surface area contributed by atoms with Gasteiger partial charge < -0.3 is 10.6 Å². The van der Waals surface area contributed by atoms with Crippen molar-refractivity contribution < 1.29 is 4.79 Å². The number of amidine groups is 1. The van der Waals surface area contributed by atoms with E-state index in [2.05, 4.69) is 20.9 Å². The van der Waals surface area contributed by atoms with Crippen molar-refractivity contribution in [2.24, 2.45) is 4.99 Å². The molecule has 11 heavy (non-hydrogen) atoms. The molecule has 1 atom stereocenters. The standard InChI is InChI=1S/C6H8N4O/c11-6-9-3-4-5(10-6)8-2-1-7-4/h1-2,4,7H,3H2,(H2,8,9,10,11). The molecule has 2 heterocycles. The van der Waals surface area contributed by atoms with E-state index in [0.29, 0.717) is 12.4 Å². The number of nitrogens with zero attached hydrogens (tertiary/aromatic N) is 1. The number of amides is 2. The SMILES string of the molecule is O=C1NCC2NC=CN=C2N1. The molecule has 5 heteroatoms. The molecule has 1 fully saturated rings. The zero-order valence-corrected chi connectivity index (χ0v) is 5.79. The third-order valence-corrected chi connectivity index (χ3v) is 1.62. The van der Waals surface area contributed by atoms with E-state index in [9.17, 15) is 4.79 Å². The topological polar surface area (TPSA) is 65.5 Å². The molecule has 2 aliphatic heterocycles. The van der Waals surface area contributed by atoms with Crippen LogP contribution >= 0.6 is 0 Å². The van der Waals surface area contributed by atoms with Gasteiger partial charge in [0.25, 0.3) is 0 Å². The predicted molar refractivity (Wildman–Crippen MR) is 40.0 cm³/mol. The smallest absolute Gasteiger partial charge is 0.320 e. The number of rotatable bonds is 0. The molecular weight excluding hydrogens is 144 g/mol. The lowest BCUT2D eigenvalue weighted by molar-refractivity contribution is 0.242. The van der Waals surface area contributed by atoms with E-state index in [4.69, 9.17) is 0 Å². The summed E-state index contributed by atoms with van der Waals surface area (Å²) in [6.07, 6.45) is 3.38. The quantitative estimate of drug-likeness (QED) is 0.423. The van der Waals surface area contributed by atoms with Gasteiger partial charge in [-0.05, 0) is 0 Å². The van der Waals surface area contributed by atoms with Gasteiger partial charge in [0.05, 0.1) is 0 Å². The molecule has 0 bridgehead atoms. The van der Waals surface area contributed by atoms with Gasteiger partial charge in [-0.25, -0.2) is 9.79 Å². The maximum atomic E-state index is 10.8. The zero-order valence-electron chi connectivity index (χ0n) is 5.79. The highest BCUT2D eigenvalue weighted by Crippen LogP contribution is 1.97. The summed E-state index contributed by atoms with van der Waals surface area (Å²) in [7, 11) is 0. The summed E-state index contributed by atoms with van der Waals surface area (Å²) in [6.45, 7) is 0.592. The Bertz CT molecular complexity index is 245. The number of carbonyl (C=O) groups excluding carboxylic acids is 1. The molecule has 58 valence electrons.